The van der Waals surface area contributed by atoms with Crippen LogP contribution in [0.25, 0.3) is 5.76 Å². The monoisotopic (exact) mass is 219 g/mol. The summed E-state index contributed by atoms with van der Waals surface area (Å²) in [5.74, 6) is -0.109. The van der Waals surface area contributed by atoms with Gasteiger partial charge in [-0.15, -0.1) is 0 Å². The molecule has 1 aromatic carbocycles. The molecule has 84 valence electrons. The van der Waals surface area contributed by atoms with Crippen molar-refractivity contribution in [1.82, 2.24) is 0 Å². The Bertz CT molecular complexity index is 424. The van der Waals surface area contributed by atoms with Gasteiger partial charge in [-0.1, -0.05) is 24.3 Å². The number of hydrogen-bond donors (Lipinski definition) is 1. The smallest absolute Gasteiger partial charge is 0.334 e. The molecule has 0 bridgehead atoms. The van der Waals surface area contributed by atoms with Gasteiger partial charge in [-0.05, 0) is 0 Å². The molecule has 0 aliphatic carbocycles. The Balaban J connectivity index is 3.18. The fourth-order valence-corrected chi connectivity index (χ4v) is 1.26. The minimum Gasteiger partial charge on any atom is -0.496 e. The maximum Gasteiger partial charge on any atom is 0.334 e. The Hall–Kier alpha value is -2.10. The molecule has 0 saturated carbocycles. The van der Waals surface area contributed by atoms with Gasteiger partial charge >= 0.3 is 5.97 Å². The van der Waals surface area contributed by atoms with E-state index < -0.39 is 5.97 Å². The van der Waals surface area contributed by atoms with E-state index in [2.05, 4.69) is 4.74 Å². The van der Waals surface area contributed by atoms with Crippen molar-refractivity contribution in [2.24, 2.45) is 0 Å². The van der Waals surface area contributed by atoms with Crippen LogP contribution in [0.15, 0.2) is 30.3 Å². The van der Waals surface area contributed by atoms with Crippen LogP contribution in [-0.4, -0.2) is 26.4 Å². The highest BCUT2D eigenvalue weighted by Crippen LogP contribution is 2.18. The first-order valence-corrected chi connectivity index (χ1v) is 4.66. The highest BCUT2D eigenvalue weighted by Gasteiger charge is 2.08. The number of methoxy groups -OCH3 is 2. The second kappa shape index (κ2) is 5.70. The molecular weight excluding hydrogens is 206 g/mol. The largest absolute Gasteiger partial charge is 0.496 e. The molecular formula is C12H13NO3. The van der Waals surface area contributed by atoms with E-state index in [1.54, 1.807) is 12.1 Å². The second-order valence-corrected chi connectivity index (χ2v) is 2.97. The SMILES string of the molecule is COC(=O)/C=C(/OC)c1ccccc1C=N. The summed E-state index contributed by atoms with van der Waals surface area (Å²) >= 11 is 0. The van der Waals surface area contributed by atoms with Gasteiger partial charge in [0.15, 0.2) is 0 Å². The maximum absolute atomic E-state index is 11.1. The van der Waals surface area contributed by atoms with Gasteiger partial charge in [-0.25, -0.2) is 4.79 Å². The van der Waals surface area contributed by atoms with E-state index >= 15 is 0 Å². The number of rotatable bonds is 4. The van der Waals surface area contributed by atoms with Crippen LogP contribution < -0.4 is 0 Å². The third-order valence-electron chi connectivity index (χ3n) is 2.05. The molecule has 4 heteroatoms. The van der Waals surface area contributed by atoms with Crippen molar-refractivity contribution >= 4 is 17.9 Å². The third kappa shape index (κ3) is 2.70. The van der Waals surface area contributed by atoms with Crippen LogP contribution in [0.1, 0.15) is 11.1 Å². The van der Waals surface area contributed by atoms with Crippen molar-refractivity contribution in [2.45, 2.75) is 0 Å². The van der Waals surface area contributed by atoms with E-state index in [-0.39, 0.29) is 0 Å². The summed E-state index contributed by atoms with van der Waals surface area (Å²) in [6.45, 7) is 0. The summed E-state index contributed by atoms with van der Waals surface area (Å²) in [6.07, 6.45) is 2.46. The van der Waals surface area contributed by atoms with Crippen LogP contribution in [0.5, 0.6) is 0 Å². The standard InChI is InChI=1S/C12H13NO3/c1-15-11(7-12(14)16-2)10-6-4-3-5-9(10)8-13/h3-8,13H,1-2H3/b11-7+,13-8?. The summed E-state index contributed by atoms with van der Waals surface area (Å²) in [5, 5.41) is 7.26. The summed E-state index contributed by atoms with van der Waals surface area (Å²) < 4.78 is 9.63. The summed E-state index contributed by atoms with van der Waals surface area (Å²) in [5.41, 5.74) is 1.37. The van der Waals surface area contributed by atoms with Crippen molar-refractivity contribution < 1.29 is 14.3 Å². The number of ether oxygens (including phenoxy) is 2. The highest BCUT2D eigenvalue weighted by atomic mass is 16.5. The van der Waals surface area contributed by atoms with Gasteiger partial charge in [0.2, 0.25) is 0 Å². The van der Waals surface area contributed by atoms with E-state index in [0.717, 1.165) is 0 Å². The predicted molar refractivity (Wildman–Crippen MR) is 61.3 cm³/mol. The average Bonchev–Trinajstić information content (AvgIpc) is 2.35. The molecule has 4 nitrogen and oxygen atoms in total. The lowest BCUT2D eigenvalue weighted by Crippen LogP contribution is -2.00. The molecule has 1 rings (SSSR count). The molecule has 0 unspecified atom stereocenters. The molecule has 0 amide bonds. The van der Waals surface area contributed by atoms with Gasteiger partial charge in [-0.2, -0.15) is 0 Å². The van der Waals surface area contributed by atoms with Crippen molar-refractivity contribution in [3.05, 3.63) is 41.5 Å². The third-order valence-corrected chi connectivity index (χ3v) is 2.05. The van der Waals surface area contributed by atoms with Crippen LogP contribution in [0.4, 0.5) is 0 Å². The van der Waals surface area contributed by atoms with Gasteiger partial charge in [-0.3, -0.25) is 0 Å². The van der Waals surface area contributed by atoms with Crippen LogP contribution >= 0.6 is 0 Å². The predicted octanol–water partition coefficient (Wildman–Crippen LogP) is 1.84. The van der Waals surface area contributed by atoms with E-state index in [1.807, 2.05) is 12.1 Å². The normalized spacial score (nSPS) is 10.8. The Morgan fingerprint density at radius 3 is 2.50 bits per heavy atom. The van der Waals surface area contributed by atoms with E-state index in [0.29, 0.717) is 16.9 Å². The molecule has 0 atom stereocenters. The first kappa shape index (κ1) is 12.0. The molecule has 1 aromatic rings. The van der Waals surface area contributed by atoms with Crippen molar-refractivity contribution in [3.63, 3.8) is 0 Å². The lowest BCUT2D eigenvalue weighted by molar-refractivity contribution is -0.134. The van der Waals surface area contributed by atoms with Gasteiger partial charge in [0.25, 0.3) is 0 Å². The van der Waals surface area contributed by atoms with E-state index in [1.165, 1.54) is 26.5 Å². The van der Waals surface area contributed by atoms with Gasteiger partial charge < -0.3 is 14.9 Å². The first-order valence-electron chi connectivity index (χ1n) is 4.66. The first-order chi connectivity index (χ1) is 7.72. The molecule has 0 saturated heterocycles. The number of carbonyl (C=O) groups is 1. The molecule has 0 spiro atoms. The quantitative estimate of drug-likeness (QED) is 0.364. The van der Waals surface area contributed by atoms with Crippen molar-refractivity contribution in [1.29, 1.82) is 5.41 Å². The van der Waals surface area contributed by atoms with E-state index in [9.17, 15) is 4.79 Å². The number of hydrogen-bond acceptors (Lipinski definition) is 4. The van der Waals surface area contributed by atoms with E-state index in [4.69, 9.17) is 10.1 Å². The molecule has 0 radical (unpaired) electrons. The van der Waals surface area contributed by atoms with Gasteiger partial charge in [0, 0.05) is 17.3 Å². The average molecular weight is 219 g/mol. The fourth-order valence-electron chi connectivity index (χ4n) is 1.26. The lowest BCUT2D eigenvalue weighted by Gasteiger charge is -2.08. The molecule has 0 fully saturated rings. The van der Waals surface area contributed by atoms with Crippen LogP contribution in [0.2, 0.25) is 0 Å². The minimum absolute atomic E-state index is 0.381. The fraction of sp³-hybridized carbons (Fsp3) is 0.167. The summed E-state index contributed by atoms with van der Waals surface area (Å²) in [4.78, 5) is 11.1. The lowest BCUT2D eigenvalue weighted by atomic mass is 10.1. The van der Waals surface area contributed by atoms with Gasteiger partial charge in [0.05, 0.1) is 20.3 Å². The number of esters is 1. The molecule has 1 N–H and O–H groups in total. The van der Waals surface area contributed by atoms with Crippen LogP contribution in [0.3, 0.4) is 0 Å². The topological polar surface area (TPSA) is 59.4 Å². The molecule has 0 aromatic heterocycles. The zero-order valence-electron chi connectivity index (χ0n) is 9.19. The van der Waals surface area contributed by atoms with Gasteiger partial charge in [0.1, 0.15) is 5.76 Å². The Morgan fingerprint density at radius 2 is 1.94 bits per heavy atom. The van der Waals surface area contributed by atoms with Crippen LogP contribution in [0, 0.1) is 5.41 Å². The molecule has 0 heterocycles. The molecule has 0 aliphatic rings. The maximum atomic E-state index is 11.1. The Kier molecular flexibility index (Phi) is 4.27. The molecule has 0 aliphatic heterocycles. The number of nitrogens with one attached hydrogen (secondary N) is 1. The second-order valence-electron chi connectivity index (χ2n) is 2.97. The Labute approximate surface area is 94.0 Å². The van der Waals surface area contributed by atoms with Crippen molar-refractivity contribution in [2.75, 3.05) is 14.2 Å². The van der Waals surface area contributed by atoms with Crippen molar-refractivity contribution in [3.8, 4) is 0 Å². The number of benzene rings is 1. The molecule has 16 heavy (non-hydrogen) atoms. The zero-order chi connectivity index (χ0) is 12.0. The minimum atomic E-state index is -0.489. The Morgan fingerprint density at radius 1 is 1.25 bits per heavy atom. The summed E-state index contributed by atoms with van der Waals surface area (Å²) in [7, 11) is 2.77. The zero-order valence-corrected chi connectivity index (χ0v) is 9.19. The number of carbonyl (C=O) groups excluding carboxylic acids is 1. The van der Waals surface area contributed by atoms with Crippen LogP contribution in [-0.2, 0) is 14.3 Å². The highest BCUT2D eigenvalue weighted by molar-refractivity contribution is 5.93. The summed E-state index contributed by atoms with van der Waals surface area (Å²) in [6, 6.07) is 7.17.